The summed E-state index contributed by atoms with van der Waals surface area (Å²) < 4.78 is 27.5. The average molecular weight is 368 g/mol. The van der Waals surface area contributed by atoms with Crippen molar-refractivity contribution in [3.8, 4) is 0 Å². The van der Waals surface area contributed by atoms with Gasteiger partial charge in [0.1, 0.15) is 10.3 Å². The highest BCUT2D eigenvalue weighted by molar-refractivity contribution is 8.01. The molecule has 0 amide bonds. The molecule has 5 nitrogen and oxygen atoms in total. The van der Waals surface area contributed by atoms with Crippen molar-refractivity contribution >= 4 is 50.7 Å². The van der Waals surface area contributed by atoms with E-state index in [9.17, 15) is 18.3 Å². The Morgan fingerprint density at radius 3 is 2.62 bits per heavy atom. The molecule has 2 unspecified atom stereocenters. The topological polar surface area (TPSA) is 74.7 Å². The fraction of sp³-hybridized carbons (Fsp3) is 0.583. The molecule has 21 heavy (non-hydrogen) atoms. The predicted octanol–water partition coefficient (Wildman–Crippen LogP) is 2.64. The summed E-state index contributed by atoms with van der Waals surface area (Å²) in [6, 6.07) is 0.528. The average Bonchev–Trinajstić information content (AvgIpc) is 3.04. The van der Waals surface area contributed by atoms with Crippen LogP contribution in [0.15, 0.2) is 10.3 Å². The third-order valence-electron chi connectivity index (χ3n) is 3.66. The molecule has 1 N–H and O–H groups in total. The first-order valence-electron chi connectivity index (χ1n) is 6.46. The molecule has 1 saturated heterocycles. The molecule has 1 aliphatic carbocycles. The van der Waals surface area contributed by atoms with Crippen LogP contribution >= 0.6 is 34.7 Å². The normalized spacial score (nSPS) is 27.1. The predicted molar refractivity (Wildman–Crippen MR) is 83.5 cm³/mol. The van der Waals surface area contributed by atoms with Crippen molar-refractivity contribution in [2.24, 2.45) is 5.92 Å². The van der Waals surface area contributed by atoms with Crippen molar-refractivity contribution in [2.45, 2.75) is 35.4 Å². The van der Waals surface area contributed by atoms with Gasteiger partial charge in [-0.15, -0.1) is 23.1 Å². The summed E-state index contributed by atoms with van der Waals surface area (Å²) in [6.07, 6.45) is 1.92. The second-order valence-corrected chi connectivity index (χ2v) is 10.1. The third kappa shape index (κ3) is 2.72. The zero-order valence-electron chi connectivity index (χ0n) is 11.2. The second-order valence-electron chi connectivity index (χ2n) is 5.27. The quantitative estimate of drug-likeness (QED) is 0.885. The Labute approximate surface area is 136 Å². The molecule has 1 aromatic rings. The summed E-state index contributed by atoms with van der Waals surface area (Å²) >= 11 is 8.38. The van der Waals surface area contributed by atoms with E-state index in [0.717, 1.165) is 24.2 Å². The summed E-state index contributed by atoms with van der Waals surface area (Å²) in [5.74, 6) is -0.521. The van der Waals surface area contributed by atoms with Crippen LogP contribution in [0.3, 0.4) is 0 Å². The van der Waals surface area contributed by atoms with Crippen molar-refractivity contribution in [2.75, 3.05) is 5.75 Å². The Kier molecular flexibility index (Phi) is 4.03. The van der Waals surface area contributed by atoms with Gasteiger partial charge in [0.25, 0.3) is 10.0 Å². The molecule has 2 heterocycles. The van der Waals surface area contributed by atoms with E-state index in [1.54, 1.807) is 6.92 Å². The molecule has 0 radical (unpaired) electrons. The number of hydrogen-bond acceptors (Lipinski definition) is 5. The fourth-order valence-electron chi connectivity index (χ4n) is 2.39. The number of carboxylic acids is 1. The minimum Gasteiger partial charge on any atom is -0.480 e. The van der Waals surface area contributed by atoms with Crippen molar-refractivity contribution in [1.82, 2.24) is 4.31 Å². The van der Waals surface area contributed by atoms with Crippen LogP contribution in [0.5, 0.6) is 0 Å². The lowest BCUT2D eigenvalue weighted by Crippen LogP contribution is -2.45. The first kappa shape index (κ1) is 15.6. The van der Waals surface area contributed by atoms with E-state index in [-0.39, 0.29) is 15.5 Å². The number of rotatable bonds is 4. The van der Waals surface area contributed by atoms with Crippen LogP contribution in [0.25, 0.3) is 0 Å². The number of aryl methyl sites for hydroxylation is 1. The molecule has 3 rings (SSSR count). The summed E-state index contributed by atoms with van der Waals surface area (Å²) in [7, 11) is -3.82. The van der Waals surface area contributed by atoms with Gasteiger partial charge in [-0.1, -0.05) is 11.6 Å². The Balaban J connectivity index is 2.02. The molecule has 116 valence electrons. The highest BCUT2D eigenvalue weighted by Gasteiger charge is 2.51. The third-order valence-corrected chi connectivity index (χ3v) is 9.15. The Hall–Kier alpha value is -0.280. The summed E-state index contributed by atoms with van der Waals surface area (Å²) in [5.41, 5.74) is 0.696. The van der Waals surface area contributed by atoms with Crippen LogP contribution in [-0.4, -0.2) is 41.0 Å². The molecule has 2 fully saturated rings. The minimum atomic E-state index is -3.82. The number of thiophene rings is 1. The Morgan fingerprint density at radius 1 is 1.48 bits per heavy atom. The van der Waals surface area contributed by atoms with E-state index in [1.165, 1.54) is 22.1 Å². The summed E-state index contributed by atoms with van der Waals surface area (Å²) in [5, 5.41) is 9.07. The number of thioether (sulfide) groups is 1. The van der Waals surface area contributed by atoms with Gasteiger partial charge >= 0.3 is 5.97 Å². The largest absolute Gasteiger partial charge is 0.480 e. The lowest BCUT2D eigenvalue weighted by molar-refractivity contribution is -0.140. The number of nitrogens with zero attached hydrogens (tertiary/aromatic N) is 1. The molecule has 1 saturated carbocycles. The molecule has 0 bridgehead atoms. The lowest BCUT2D eigenvalue weighted by Gasteiger charge is -2.25. The van der Waals surface area contributed by atoms with Crippen molar-refractivity contribution < 1.29 is 18.3 Å². The van der Waals surface area contributed by atoms with Gasteiger partial charge < -0.3 is 5.11 Å². The first-order chi connectivity index (χ1) is 9.82. The smallest absolute Gasteiger partial charge is 0.322 e. The number of halogens is 1. The number of carbonyl (C=O) groups is 1. The van der Waals surface area contributed by atoms with Crippen LogP contribution < -0.4 is 0 Å². The number of aliphatic carboxylic acids is 1. The first-order valence-corrected chi connectivity index (χ1v) is 10.1. The summed E-state index contributed by atoms with van der Waals surface area (Å²) in [4.78, 5) is 11.4. The molecule has 0 aromatic carbocycles. The Bertz CT molecular complexity index is 663. The number of carboxylic acid groups (broad SMARTS) is 1. The Morgan fingerprint density at radius 2 is 2.14 bits per heavy atom. The molecular weight excluding hydrogens is 354 g/mol. The zero-order valence-corrected chi connectivity index (χ0v) is 14.4. The maximum Gasteiger partial charge on any atom is 0.322 e. The van der Waals surface area contributed by atoms with E-state index in [0.29, 0.717) is 15.7 Å². The highest BCUT2D eigenvalue weighted by Crippen LogP contribution is 2.48. The van der Waals surface area contributed by atoms with Crippen molar-refractivity contribution in [3.63, 3.8) is 0 Å². The lowest BCUT2D eigenvalue weighted by atomic mass is 10.3. The van der Waals surface area contributed by atoms with E-state index < -0.39 is 22.0 Å². The van der Waals surface area contributed by atoms with Crippen molar-refractivity contribution in [3.05, 3.63) is 16.0 Å². The van der Waals surface area contributed by atoms with Crippen LogP contribution in [0.1, 0.15) is 18.4 Å². The van der Waals surface area contributed by atoms with Gasteiger partial charge in [-0.25, -0.2) is 8.42 Å². The van der Waals surface area contributed by atoms with Crippen LogP contribution in [0, 0.1) is 12.8 Å². The molecule has 1 aliphatic heterocycles. The molecular formula is C12H14ClNO4S3. The van der Waals surface area contributed by atoms with E-state index in [4.69, 9.17) is 11.6 Å². The van der Waals surface area contributed by atoms with Crippen LogP contribution in [-0.2, 0) is 14.8 Å². The van der Waals surface area contributed by atoms with Gasteiger partial charge in [0.2, 0.25) is 0 Å². The van der Waals surface area contributed by atoms with E-state index in [1.807, 2.05) is 0 Å². The maximum absolute atomic E-state index is 12.9. The van der Waals surface area contributed by atoms with Crippen molar-refractivity contribution in [1.29, 1.82) is 0 Å². The molecule has 1 aromatic heterocycles. The molecule has 2 aliphatic rings. The molecule has 2 atom stereocenters. The zero-order chi connectivity index (χ0) is 15.4. The van der Waals surface area contributed by atoms with Gasteiger partial charge in [-0.05, 0) is 37.3 Å². The van der Waals surface area contributed by atoms with E-state index in [2.05, 4.69) is 0 Å². The van der Waals surface area contributed by atoms with Gasteiger partial charge in [0, 0.05) is 5.75 Å². The van der Waals surface area contributed by atoms with Gasteiger partial charge in [-0.3, -0.25) is 4.79 Å². The van der Waals surface area contributed by atoms with Crippen LogP contribution in [0.4, 0.5) is 0 Å². The van der Waals surface area contributed by atoms with Crippen LogP contribution in [0.2, 0.25) is 4.34 Å². The second kappa shape index (κ2) is 5.42. The molecule has 9 heteroatoms. The highest BCUT2D eigenvalue weighted by atomic mass is 35.5. The van der Waals surface area contributed by atoms with Gasteiger partial charge in [0.05, 0.1) is 9.71 Å². The monoisotopic (exact) mass is 367 g/mol. The van der Waals surface area contributed by atoms with Gasteiger partial charge in [0.15, 0.2) is 0 Å². The fourth-order valence-corrected chi connectivity index (χ4v) is 8.01. The number of hydrogen-bond donors (Lipinski definition) is 1. The minimum absolute atomic E-state index is 0.129. The summed E-state index contributed by atoms with van der Waals surface area (Å²) in [6.45, 7) is 1.74. The SMILES string of the molecule is Cc1cc(S(=O)(=O)N2C(C(=O)O)CSC2C2CC2)sc1Cl. The number of sulfonamides is 1. The maximum atomic E-state index is 12.9. The van der Waals surface area contributed by atoms with E-state index >= 15 is 0 Å². The molecule has 0 spiro atoms. The van der Waals surface area contributed by atoms with Gasteiger partial charge in [-0.2, -0.15) is 4.31 Å². The standard InChI is InChI=1S/C12H14ClNO4S3/c1-6-4-9(20-10(6)13)21(17,18)14-8(12(15)16)5-19-11(14)7-2-3-7/h4,7-8,11H,2-3,5H2,1H3,(H,15,16).